The first-order valence-corrected chi connectivity index (χ1v) is 6.07. The van der Waals surface area contributed by atoms with Gasteiger partial charge >= 0.3 is 6.18 Å². The van der Waals surface area contributed by atoms with Crippen molar-refractivity contribution in [3.05, 3.63) is 36.5 Å². The van der Waals surface area contributed by atoms with Crippen LogP contribution in [-0.2, 0) is 0 Å². The number of rotatable bonds is 3. The van der Waals surface area contributed by atoms with Gasteiger partial charge in [0, 0.05) is 5.39 Å². The molecule has 0 aliphatic rings. The monoisotopic (exact) mass is 319 g/mol. The largest absolute Gasteiger partial charge is 0.490 e. The topological polar surface area (TPSA) is 22.1 Å². The zero-order valence-electron chi connectivity index (χ0n) is 9.12. The summed E-state index contributed by atoms with van der Waals surface area (Å²) < 4.78 is 41.9. The van der Waals surface area contributed by atoms with Crippen LogP contribution in [-0.4, -0.2) is 22.6 Å². The number of aromatic nitrogens is 1. The average Bonchev–Trinajstić information content (AvgIpc) is 2.34. The summed E-state index contributed by atoms with van der Waals surface area (Å²) >= 11 is 2.54. The first-order chi connectivity index (χ1) is 8.47. The van der Waals surface area contributed by atoms with Gasteiger partial charge in [0.15, 0.2) is 0 Å². The van der Waals surface area contributed by atoms with E-state index in [-0.39, 0.29) is 0 Å². The highest BCUT2D eigenvalue weighted by Gasteiger charge is 2.38. The van der Waals surface area contributed by atoms with E-state index in [4.69, 9.17) is 4.74 Å². The van der Waals surface area contributed by atoms with E-state index < -0.39 is 17.6 Å². The highest BCUT2D eigenvalue weighted by Crippen LogP contribution is 2.27. The number of halogens is 4. The first kappa shape index (κ1) is 13.1. The van der Waals surface area contributed by atoms with E-state index >= 15 is 0 Å². The quantitative estimate of drug-likeness (QED) is 0.799. The molecular formula is C12H9BrF3NO. The Morgan fingerprint density at radius 3 is 2.72 bits per heavy atom. The SMILES string of the molecule is FC(F)(F)C(Br)COc1cnc2ccccc2c1. The summed E-state index contributed by atoms with van der Waals surface area (Å²) in [5, 5.41) is 0.827. The Morgan fingerprint density at radius 2 is 2.00 bits per heavy atom. The molecule has 0 aliphatic carbocycles. The van der Waals surface area contributed by atoms with Gasteiger partial charge in [-0.2, -0.15) is 13.2 Å². The molecule has 0 spiro atoms. The Kier molecular flexibility index (Phi) is 3.75. The van der Waals surface area contributed by atoms with Crippen LogP contribution >= 0.6 is 15.9 Å². The van der Waals surface area contributed by atoms with Gasteiger partial charge in [0.2, 0.25) is 0 Å². The third kappa shape index (κ3) is 3.13. The molecule has 1 atom stereocenters. The summed E-state index contributed by atoms with van der Waals surface area (Å²) in [5.74, 6) is 0.322. The Bertz CT molecular complexity index is 544. The molecule has 2 aromatic rings. The number of nitrogens with zero attached hydrogens (tertiary/aromatic N) is 1. The molecule has 0 aliphatic heterocycles. The molecule has 1 heterocycles. The van der Waals surface area contributed by atoms with Gasteiger partial charge < -0.3 is 4.74 Å². The summed E-state index contributed by atoms with van der Waals surface area (Å²) in [5.41, 5.74) is 0.774. The predicted molar refractivity (Wildman–Crippen MR) is 66.0 cm³/mol. The number of hydrogen-bond acceptors (Lipinski definition) is 2. The fraction of sp³-hybridized carbons (Fsp3) is 0.250. The van der Waals surface area contributed by atoms with Gasteiger partial charge in [0.25, 0.3) is 0 Å². The minimum Gasteiger partial charge on any atom is -0.490 e. The average molecular weight is 320 g/mol. The second-order valence-electron chi connectivity index (χ2n) is 3.68. The van der Waals surface area contributed by atoms with Crippen molar-refractivity contribution >= 4 is 26.8 Å². The molecule has 0 fully saturated rings. The molecule has 0 amide bonds. The molecule has 1 unspecified atom stereocenters. The maximum absolute atomic E-state index is 12.3. The first-order valence-electron chi connectivity index (χ1n) is 5.15. The molecule has 1 aromatic heterocycles. The Balaban J connectivity index is 2.08. The summed E-state index contributed by atoms with van der Waals surface area (Å²) in [6.45, 7) is -0.483. The van der Waals surface area contributed by atoms with Crippen LogP contribution in [0, 0.1) is 0 Å². The normalized spacial score (nSPS) is 13.6. The minimum absolute atomic E-state index is 0.322. The Labute approximate surface area is 110 Å². The number of para-hydroxylation sites is 1. The lowest BCUT2D eigenvalue weighted by Gasteiger charge is -2.14. The van der Waals surface area contributed by atoms with Crippen LogP contribution in [0.3, 0.4) is 0 Å². The van der Waals surface area contributed by atoms with Crippen molar-refractivity contribution in [3.8, 4) is 5.75 Å². The molecule has 0 bridgehead atoms. The predicted octanol–water partition coefficient (Wildman–Crippen LogP) is 3.94. The zero-order chi connectivity index (χ0) is 13.2. The number of ether oxygens (including phenoxy) is 1. The van der Waals surface area contributed by atoms with Crippen LogP contribution in [0.15, 0.2) is 36.5 Å². The summed E-state index contributed by atoms with van der Waals surface area (Å²) in [7, 11) is 0. The van der Waals surface area contributed by atoms with Gasteiger partial charge in [0.1, 0.15) is 17.2 Å². The standard InChI is InChI=1S/C12H9BrF3NO/c13-11(12(14,15)16)7-18-9-5-8-3-1-2-4-10(8)17-6-9/h1-6,11H,7H2. The van der Waals surface area contributed by atoms with Gasteiger partial charge in [-0.05, 0) is 12.1 Å². The zero-order valence-corrected chi connectivity index (χ0v) is 10.7. The third-order valence-corrected chi connectivity index (χ3v) is 3.10. The van der Waals surface area contributed by atoms with Crippen LogP contribution in [0.4, 0.5) is 13.2 Å². The molecule has 1 aromatic carbocycles. The fourth-order valence-corrected chi connectivity index (χ4v) is 1.53. The molecule has 18 heavy (non-hydrogen) atoms. The van der Waals surface area contributed by atoms with Crippen molar-refractivity contribution in [1.82, 2.24) is 4.98 Å². The molecule has 0 radical (unpaired) electrons. The van der Waals surface area contributed by atoms with Crippen LogP contribution in [0.2, 0.25) is 0 Å². The minimum atomic E-state index is -4.32. The number of benzene rings is 1. The van der Waals surface area contributed by atoms with E-state index in [1.807, 2.05) is 24.3 Å². The molecule has 0 saturated heterocycles. The highest BCUT2D eigenvalue weighted by atomic mass is 79.9. The third-order valence-electron chi connectivity index (χ3n) is 2.32. The second-order valence-corrected chi connectivity index (χ2v) is 4.79. The molecule has 0 N–H and O–H groups in total. The van der Waals surface area contributed by atoms with E-state index in [0.717, 1.165) is 10.9 Å². The van der Waals surface area contributed by atoms with E-state index in [2.05, 4.69) is 20.9 Å². The number of alkyl halides is 4. The molecule has 96 valence electrons. The van der Waals surface area contributed by atoms with Crippen molar-refractivity contribution in [2.24, 2.45) is 0 Å². The van der Waals surface area contributed by atoms with Crippen LogP contribution in [0.25, 0.3) is 10.9 Å². The highest BCUT2D eigenvalue weighted by molar-refractivity contribution is 9.09. The number of pyridine rings is 1. The Morgan fingerprint density at radius 1 is 1.28 bits per heavy atom. The summed E-state index contributed by atoms with van der Waals surface area (Å²) in [6.07, 6.45) is -2.90. The molecule has 6 heteroatoms. The lowest BCUT2D eigenvalue weighted by atomic mass is 10.2. The fourth-order valence-electron chi connectivity index (χ4n) is 1.39. The van der Waals surface area contributed by atoms with E-state index in [1.165, 1.54) is 6.20 Å². The molecule has 2 rings (SSSR count). The van der Waals surface area contributed by atoms with Crippen LogP contribution in [0.1, 0.15) is 0 Å². The van der Waals surface area contributed by atoms with Gasteiger partial charge in [-0.3, -0.25) is 4.98 Å². The van der Waals surface area contributed by atoms with Crippen LogP contribution in [0.5, 0.6) is 5.75 Å². The summed E-state index contributed by atoms with van der Waals surface area (Å²) in [6, 6.07) is 8.98. The van der Waals surface area contributed by atoms with Gasteiger partial charge in [-0.25, -0.2) is 0 Å². The van der Waals surface area contributed by atoms with Crippen molar-refractivity contribution < 1.29 is 17.9 Å². The van der Waals surface area contributed by atoms with Gasteiger partial charge in [-0.15, -0.1) is 0 Å². The van der Waals surface area contributed by atoms with Crippen molar-refractivity contribution in [2.45, 2.75) is 11.0 Å². The Hall–Kier alpha value is -1.30. The summed E-state index contributed by atoms with van der Waals surface area (Å²) in [4.78, 5) is 2.42. The van der Waals surface area contributed by atoms with E-state index in [9.17, 15) is 13.2 Å². The van der Waals surface area contributed by atoms with Crippen molar-refractivity contribution in [1.29, 1.82) is 0 Å². The van der Waals surface area contributed by atoms with Crippen LogP contribution < -0.4 is 4.74 Å². The number of hydrogen-bond donors (Lipinski definition) is 0. The van der Waals surface area contributed by atoms with Gasteiger partial charge in [-0.1, -0.05) is 34.1 Å². The maximum Gasteiger partial charge on any atom is 0.404 e. The smallest absolute Gasteiger partial charge is 0.404 e. The van der Waals surface area contributed by atoms with E-state index in [0.29, 0.717) is 5.75 Å². The molecular weight excluding hydrogens is 311 g/mol. The van der Waals surface area contributed by atoms with E-state index in [1.54, 1.807) is 6.07 Å². The molecule has 2 nitrogen and oxygen atoms in total. The second kappa shape index (κ2) is 5.14. The lowest BCUT2D eigenvalue weighted by molar-refractivity contribution is -0.132. The lowest BCUT2D eigenvalue weighted by Crippen LogP contribution is -2.28. The van der Waals surface area contributed by atoms with Crippen molar-refractivity contribution in [2.75, 3.05) is 6.61 Å². The molecule has 0 saturated carbocycles. The van der Waals surface area contributed by atoms with Crippen molar-refractivity contribution in [3.63, 3.8) is 0 Å². The maximum atomic E-state index is 12.3. The number of fused-ring (bicyclic) bond motifs is 1. The van der Waals surface area contributed by atoms with Gasteiger partial charge in [0.05, 0.1) is 11.7 Å².